The number of amides is 2. The standard InChI is InChI=1S/C21H22N4O4/c1-2-14-9-15(29-24-14)10-23-19(26)17-16-3-6-21(28-16)12-25(20(27)18(17)21)11-13-4-7-22-8-5-13/h3-9,16-18H,2,10-12H2,1H3,(H,23,26)/t16-,17+,18+,21+/m1/s1. The van der Waals surface area contributed by atoms with Gasteiger partial charge in [0, 0.05) is 25.0 Å². The molecular weight excluding hydrogens is 372 g/mol. The maximum absolute atomic E-state index is 13.2. The fourth-order valence-electron chi connectivity index (χ4n) is 4.62. The lowest BCUT2D eigenvalue weighted by Gasteiger charge is -2.23. The van der Waals surface area contributed by atoms with Crippen molar-refractivity contribution in [3.63, 3.8) is 0 Å². The Morgan fingerprint density at radius 2 is 2.21 bits per heavy atom. The van der Waals surface area contributed by atoms with Crippen LogP contribution in [-0.4, -0.2) is 45.1 Å². The van der Waals surface area contributed by atoms with Crippen LogP contribution in [0.5, 0.6) is 0 Å². The summed E-state index contributed by atoms with van der Waals surface area (Å²) in [5.74, 6) is -0.674. The van der Waals surface area contributed by atoms with Gasteiger partial charge >= 0.3 is 0 Å². The second-order valence-corrected chi connectivity index (χ2v) is 7.81. The molecule has 8 heteroatoms. The quantitative estimate of drug-likeness (QED) is 0.740. The van der Waals surface area contributed by atoms with Crippen molar-refractivity contribution in [1.29, 1.82) is 0 Å². The number of ether oxygens (including phenoxy) is 1. The van der Waals surface area contributed by atoms with Crippen LogP contribution in [0.2, 0.25) is 0 Å². The molecule has 2 fully saturated rings. The van der Waals surface area contributed by atoms with E-state index in [2.05, 4.69) is 15.5 Å². The lowest BCUT2D eigenvalue weighted by molar-refractivity contribution is -0.138. The number of carbonyl (C=O) groups is 2. The fraction of sp³-hybridized carbons (Fsp3) is 0.429. The molecule has 0 aromatic carbocycles. The van der Waals surface area contributed by atoms with Crippen molar-refractivity contribution in [2.75, 3.05) is 6.54 Å². The summed E-state index contributed by atoms with van der Waals surface area (Å²) in [7, 11) is 0. The van der Waals surface area contributed by atoms with E-state index in [1.807, 2.05) is 37.3 Å². The van der Waals surface area contributed by atoms with E-state index >= 15 is 0 Å². The van der Waals surface area contributed by atoms with Crippen LogP contribution in [-0.2, 0) is 33.8 Å². The van der Waals surface area contributed by atoms with E-state index in [0.717, 1.165) is 17.7 Å². The lowest BCUT2D eigenvalue weighted by Crippen LogP contribution is -2.43. The molecule has 8 nitrogen and oxygen atoms in total. The average Bonchev–Trinajstić information content (AvgIpc) is 3.48. The molecule has 2 bridgehead atoms. The van der Waals surface area contributed by atoms with Gasteiger partial charge in [0.2, 0.25) is 11.8 Å². The number of pyridine rings is 1. The number of hydrogen-bond donors (Lipinski definition) is 1. The van der Waals surface area contributed by atoms with Gasteiger partial charge in [-0.1, -0.05) is 24.2 Å². The Kier molecular flexibility index (Phi) is 4.24. The Balaban J connectivity index is 1.31. The highest BCUT2D eigenvalue weighted by Crippen LogP contribution is 2.52. The molecule has 2 aromatic rings. The third kappa shape index (κ3) is 2.95. The maximum atomic E-state index is 13.2. The third-order valence-corrected chi connectivity index (χ3v) is 6.01. The first-order valence-electron chi connectivity index (χ1n) is 9.87. The van der Waals surface area contributed by atoms with Gasteiger partial charge in [-0.25, -0.2) is 0 Å². The minimum Gasteiger partial charge on any atom is -0.360 e. The van der Waals surface area contributed by atoms with Gasteiger partial charge in [0.05, 0.1) is 36.7 Å². The van der Waals surface area contributed by atoms with Crippen LogP contribution in [0, 0.1) is 11.8 Å². The summed E-state index contributed by atoms with van der Waals surface area (Å²) >= 11 is 0. The van der Waals surface area contributed by atoms with Crippen molar-refractivity contribution in [3.8, 4) is 0 Å². The predicted molar refractivity (Wildman–Crippen MR) is 101 cm³/mol. The second-order valence-electron chi connectivity index (χ2n) is 7.81. The van der Waals surface area contributed by atoms with Crippen molar-refractivity contribution >= 4 is 11.8 Å². The van der Waals surface area contributed by atoms with Crippen LogP contribution < -0.4 is 5.32 Å². The molecule has 2 saturated heterocycles. The summed E-state index contributed by atoms with van der Waals surface area (Å²) < 4.78 is 11.4. The molecule has 150 valence electrons. The van der Waals surface area contributed by atoms with Gasteiger partial charge in [-0.05, 0) is 24.1 Å². The summed E-state index contributed by atoms with van der Waals surface area (Å²) in [6.07, 6.45) is 7.69. The molecule has 1 N–H and O–H groups in total. The molecule has 5 heterocycles. The molecule has 3 aliphatic rings. The molecule has 0 radical (unpaired) electrons. The van der Waals surface area contributed by atoms with Crippen molar-refractivity contribution in [1.82, 2.24) is 20.4 Å². The van der Waals surface area contributed by atoms with Gasteiger partial charge in [-0.3, -0.25) is 14.6 Å². The van der Waals surface area contributed by atoms with Crippen molar-refractivity contribution in [3.05, 3.63) is 59.8 Å². The minimum atomic E-state index is -0.710. The van der Waals surface area contributed by atoms with Gasteiger partial charge in [0.1, 0.15) is 5.60 Å². The van der Waals surface area contributed by atoms with Crippen LogP contribution >= 0.6 is 0 Å². The molecule has 5 rings (SSSR count). The Bertz CT molecular complexity index is 972. The van der Waals surface area contributed by atoms with E-state index in [9.17, 15) is 9.59 Å². The first-order valence-corrected chi connectivity index (χ1v) is 9.87. The number of aryl methyl sites for hydroxylation is 1. The number of nitrogens with zero attached hydrogens (tertiary/aromatic N) is 3. The van der Waals surface area contributed by atoms with E-state index < -0.39 is 17.4 Å². The molecule has 0 aliphatic carbocycles. The average molecular weight is 394 g/mol. The van der Waals surface area contributed by atoms with Crippen LogP contribution in [0.1, 0.15) is 23.9 Å². The molecule has 0 saturated carbocycles. The highest BCUT2D eigenvalue weighted by atomic mass is 16.5. The summed E-state index contributed by atoms with van der Waals surface area (Å²) in [5, 5.41) is 6.83. The second kappa shape index (κ2) is 6.81. The topological polar surface area (TPSA) is 97.6 Å². The minimum absolute atomic E-state index is 0.0400. The summed E-state index contributed by atoms with van der Waals surface area (Å²) in [4.78, 5) is 32.0. The first kappa shape index (κ1) is 18.1. The van der Waals surface area contributed by atoms with Crippen molar-refractivity contribution in [2.24, 2.45) is 11.8 Å². The monoisotopic (exact) mass is 394 g/mol. The molecule has 4 atom stereocenters. The number of rotatable bonds is 6. The van der Waals surface area contributed by atoms with E-state index in [1.165, 1.54) is 0 Å². The molecular formula is C21H22N4O4. The summed E-state index contributed by atoms with van der Waals surface area (Å²) in [6, 6.07) is 5.61. The molecule has 29 heavy (non-hydrogen) atoms. The van der Waals surface area contributed by atoms with Gasteiger partial charge in [0.25, 0.3) is 0 Å². The van der Waals surface area contributed by atoms with E-state index in [1.54, 1.807) is 17.3 Å². The third-order valence-electron chi connectivity index (χ3n) is 6.01. The highest BCUT2D eigenvalue weighted by molar-refractivity contribution is 5.93. The van der Waals surface area contributed by atoms with E-state index in [4.69, 9.17) is 9.26 Å². The van der Waals surface area contributed by atoms with E-state index in [0.29, 0.717) is 18.8 Å². The maximum Gasteiger partial charge on any atom is 0.230 e. The Morgan fingerprint density at radius 3 is 2.97 bits per heavy atom. The largest absolute Gasteiger partial charge is 0.360 e. The molecule has 0 unspecified atom stereocenters. The summed E-state index contributed by atoms with van der Waals surface area (Å²) in [5.41, 5.74) is 1.14. The number of aromatic nitrogens is 2. The Morgan fingerprint density at radius 1 is 1.38 bits per heavy atom. The molecule has 1 spiro atoms. The molecule has 3 aliphatic heterocycles. The first-order chi connectivity index (χ1) is 14.1. The zero-order valence-corrected chi connectivity index (χ0v) is 16.1. The van der Waals surface area contributed by atoms with Crippen LogP contribution in [0.25, 0.3) is 0 Å². The van der Waals surface area contributed by atoms with Gasteiger partial charge in [-0.15, -0.1) is 0 Å². The number of hydrogen-bond acceptors (Lipinski definition) is 6. The number of carbonyl (C=O) groups excluding carboxylic acids is 2. The Hall–Kier alpha value is -3.00. The van der Waals surface area contributed by atoms with Crippen LogP contribution in [0.3, 0.4) is 0 Å². The number of fused-ring (bicyclic) bond motifs is 1. The van der Waals surface area contributed by atoms with Gasteiger partial charge in [0.15, 0.2) is 5.76 Å². The van der Waals surface area contributed by atoms with Crippen molar-refractivity contribution < 1.29 is 18.8 Å². The highest BCUT2D eigenvalue weighted by Gasteiger charge is 2.66. The van der Waals surface area contributed by atoms with Crippen LogP contribution in [0.15, 0.2) is 47.3 Å². The Labute approximate surface area is 167 Å². The molecule has 2 aromatic heterocycles. The normalized spacial score (nSPS) is 29.5. The number of likely N-dealkylation sites (tertiary alicyclic amines) is 1. The van der Waals surface area contributed by atoms with Crippen molar-refractivity contribution in [2.45, 2.75) is 38.1 Å². The van der Waals surface area contributed by atoms with Crippen LogP contribution in [0.4, 0.5) is 0 Å². The zero-order valence-electron chi connectivity index (χ0n) is 16.1. The van der Waals surface area contributed by atoms with Gasteiger partial charge in [-0.2, -0.15) is 0 Å². The predicted octanol–water partition coefficient (Wildman–Crippen LogP) is 1.23. The SMILES string of the molecule is CCc1cc(CNC(=O)[C@@H]2[C@H]3C(=O)N(Cc4ccncc4)C[C@@]34C=C[C@H]2O4)on1. The van der Waals surface area contributed by atoms with E-state index in [-0.39, 0.29) is 24.5 Å². The smallest absolute Gasteiger partial charge is 0.230 e. The van der Waals surface area contributed by atoms with Gasteiger partial charge < -0.3 is 19.5 Å². The molecule has 2 amide bonds. The lowest BCUT2D eigenvalue weighted by atomic mass is 9.77. The summed E-state index contributed by atoms with van der Waals surface area (Å²) in [6.45, 7) is 3.17. The fourth-order valence-corrected chi connectivity index (χ4v) is 4.62. The zero-order chi connectivity index (χ0) is 20.0. The number of nitrogens with one attached hydrogen (secondary N) is 1.